The van der Waals surface area contributed by atoms with Gasteiger partial charge in [-0.2, -0.15) is 5.10 Å². The van der Waals surface area contributed by atoms with E-state index in [2.05, 4.69) is 46.8 Å². The quantitative estimate of drug-likeness (QED) is 0.131. The van der Waals surface area contributed by atoms with Gasteiger partial charge in [-0.05, 0) is 53.6 Å². The summed E-state index contributed by atoms with van der Waals surface area (Å²) in [4.78, 5) is 9.15. The Morgan fingerprint density at radius 1 is 0.946 bits per heavy atom. The maximum absolute atomic E-state index is 6.29. The molecule has 0 aliphatic heterocycles. The van der Waals surface area contributed by atoms with Gasteiger partial charge in [-0.15, -0.1) is 0 Å². The molecule has 4 rings (SSSR count). The molecule has 7 nitrogen and oxygen atoms in total. The Balaban J connectivity index is 0.00000148. The summed E-state index contributed by atoms with van der Waals surface area (Å²) in [5.74, 6) is 1.61. The maximum Gasteiger partial charge on any atom is 0.167 e. The van der Waals surface area contributed by atoms with E-state index in [4.69, 9.17) is 16.3 Å². The molecule has 1 N–H and O–H groups in total. The van der Waals surface area contributed by atoms with E-state index in [9.17, 15) is 0 Å². The molecule has 0 saturated carbocycles. The molecule has 10 heteroatoms. The molecule has 4 aromatic rings. The van der Waals surface area contributed by atoms with E-state index < -0.39 is 0 Å². The number of anilines is 2. The van der Waals surface area contributed by atoms with E-state index in [0.29, 0.717) is 17.3 Å². The lowest BCUT2D eigenvalue weighted by Crippen LogP contribution is -1.98. The second kappa shape index (κ2) is 18.4. The zero-order valence-electron chi connectivity index (χ0n) is 24.3. The fourth-order valence-electron chi connectivity index (χ4n) is 3.30. The van der Waals surface area contributed by atoms with Crippen molar-refractivity contribution in [2.45, 2.75) is 69.2 Å². The van der Waals surface area contributed by atoms with Gasteiger partial charge in [0.15, 0.2) is 5.65 Å². The number of nitrogens with zero attached hydrogens (tertiary/aromatic N) is 5. The average molecular weight is 661 g/mol. The Hall–Kier alpha value is -1.90. The number of imidazole rings is 1. The fraction of sp³-hybridized carbons (Fsp3) is 0.444. The molecule has 37 heavy (non-hydrogen) atoms. The van der Waals surface area contributed by atoms with Crippen LogP contribution < -0.4 is 10.1 Å². The molecule has 1 aromatic carbocycles. The number of fused-ring (bicyclic) bond motifs is 1. The topological polar surface area (TPSA) is 69.8 Å². The molecule has 0 spiro atoms. The van der Waals surface area contributed by atoms with Crippen LogP contribution in [0.4, 0.5) is 11.4 Å². The third kappa shape index (κ3) is 8.82. The SMILES string of the molecule is CC.CC.CC.CC.COc1cc(-c2nn(C)cc2C)ccc1Nc1cc(Cl)nc2c1nc(C)n2PI. The summed E-state index contributed by atoms with van der Waals surface area (Å²) in [7, 11) is 3.57. The molecular formula is C27H43ClIN6OP. The first-order valence-electron chi connectivity index (χ1n) is 12.8. The van der Waals surface area contributed by atoms with Gasteiger partial charge in [0.1, 0.15) is 22.2 Å². The minimum atomic E-state index is 0.412. The first-order valence-corrected chi connectivity index (χ1v) is 17.2. The van der Waals surface area contributed by atoms with Crippen LogP contribution in [-0.2, 0) is 7.05 Å². The van der Waals surface area contributed by atoms with Crippen molar-refractivity contribution in [2.24, 2.45) is 7.05 Å². The van der Waals surface area contributed by atoms with Crippen molar-refractivity contribution in [3.8, 4) is 17.0 Å². The third-order valence-corrected chi connectivity index (χ3v) is 6.94. The van der Waals surface area contributed by atoms with Crippen LogP contribution in [0.1, 0.15) is 66.8 Å². The van der Waals surface area contributed by atoms with Crippen LogP contribution in [0, 0.1) is 13.8 Å². The van der Waals surface area contributed by atoms with Crippen LogP contribution in [-0.4, -0.2) is 31.2 Å². The largest absolute Gasteiger partial charge is 0.495 e. The Bertz CT molecular complexity index is 1230. The van der Waals surface area contributed by atoms with E-state index in [1.165, 1.54) is 0 Å². The van der Waals surface area contributed by atoms with Crippen LogP contribution in [0.2, 0.25) is 5.15 Å². The number of benzene rings is 1. The number of aryl methyl sites for hydroxylation is 3. The summed E-state index contributed by atoms with van der Waals surface area (Å²) in [6, 6.07) is 7.77. The van der Waals surface area contributed by atoms with Crippen LogP contribution in [0.5, 0.6) is 5.75 Å². The van der Waals surface area contributed by atoms with E-state index in [0.717, 1.165) is 45.2 Å². The lowest BCUT2D eigenvalue weighted by atomic mass is 10.1. The molecule has 0 amide bonds. The summed E-state index contributed by atoms with van der Waals surface area (Å²) in [6.45, 7) is 20.0. The molecular weight excluding hydrogens is 618 g/mol. The zero-order chi connectivity index (χ0) is 28.7. The number of aromatic nitrogens is 5. The monoisotopic (exact) mass is 660 g/mol. The number of hydrogen-bond donors (Lipinski definition) is 1. The standard InChI is InChI=1S/C19H19ClIN6OP.4C2H6/c1-10-9-26(3)25-17(10)12-5-6-13(15(7-12)28-4)23-14-8-16(20)24-19-18(14)22-11(2)27(19)29-21;4*1-2/h5-9,29H,1-4H3,(H,23,24);4*1-2H3. The average Bonchev–Trinajstić information content (AvgIpc) is 3.45. The molecule has 0 saturated heterocycles. The van der Waals surface area contributed by atoms with Crippen molar-refractivity contribution < 1.29 is 4.74 Å². The number of hydrogen-bond acceptors (Lipinski definition) is 5. The van der Waals surface area contributed by atoms with Gasteiger partial charge in [0.05, 0.1) is 30.6 Å². The molecule has 1 unspecified atom stereocenters. The van der Waals surface area contributed by atoms with Gasteiger partial charge in [-0.3, -0.25) is 9.02 Å². The number of halogens is 2. The van der Waals surface area contributed by atoms with E-state index in [-0.39, 0.29) is 0 Å². The van der Waals surface area contributed by atoms with Gasteiger partial charge in [0.25, 0.3) is 0 Å². The van der Waals surface area contributed by atoms with Gasteiger partial charge in [0, 0.05) is 24.9 Å². The summed E-state index contributed by atoms with van der Waals surface area (Å²) in [5, 5.41) is 8.38. The van der Waals surface area contributed by atoms with Gasteiger partial charge in [0.2, 0.25) is 0 Å². The van der Waals surface area contributed by atoms with Crippen molar-refractivity contribution >= 4 is 62.6 Å². The second-order valence-corrected chi connectivity index (χ2v) is 9.07. The summed E-state index contributed by atoms with van der Waals surface area (Å²) >= 11 is 8.61. The van der Waals surface area contributed by atoms with E-state index >= 15 is 0 Å². The highest BCUT2D eigenvalue weighted by Crippen LogP contribution is 2.38. The number of ether oxygens (including phenoxy) is 1. The number of rotatable bonds is 5. The minimum Gasteiger partial charge on any atom is -0.495 e. The van der Waals surface area contributed by atoms with Crippen molar-refractivity contribution in [3.63, 3.8) is 0 Å². The molecule has 206 valence electrons. The number of pyridine rings is 1. The van der Waals surface area contributed by atoms with Crippen molar-refractivity contribution in [1.29, 1.82) is 0 Å². The Labute approximate surface area is 243 Å². The Kier molecular flexibility index (Phi) is 17.4. The van der Waals surface area contributed by atoms with E-state index in [1.807, 2.05) is 105 Å². The summed E-state index contributed by atoms with van der Waals surface area (Å²) < 4.78 is 9.51. The number of methoxy groups -OCH3 is 1. The lowest BCUT2D eigenvalue weighted by molar-refractivity contribution is 0.417. The highest BCUT2D eigenvalue weighted by molar-refractivity contribution is 14.2. The Morgan fingerprint density at radius 3 is 2.08 bits per heavy atom. The summed E-state index contributed by atoms with van der Waals surface area (Å²) in [5.41, 5.74) is 6.19. The molecule has 0 aliphatic carbocycles. The van der Waals surface area contributed by atoms with Gasteiger partial charge >= 0.3 is 0 Å². The molecule has 3 aromatic heterocycles. The zero-order valence-corrected chi connectivity index (χ0v) is 28.2. The highest BCUT2D eigenvalue weighted by Gasteiger charge is 2.16. The van der Waals surface area contributed by atoms with Crippen molar-refractivity contribution in [1.82, 2.24) is 24.1 Å². The first kappa shape index (κ1) is 35.1. The first-order chi connectivity index (χ1) is 17.9. The van der Waals surface area contributed by atoms with Gasteiger partial charge in [-0.25, -0.2) is 9.97 Å². The maximum atomic E-state index is 6.29. The van der Waals surface area contributed by atoms with Gasteiger partial charge < -0.3 is 10.1 Å². The predicted octanol–water partition coefficient (Wildman–Crippen LogP) is 9.75. The third-order valence-electron chi connectivity index (χ3n) is 4.59. The molecule has 0 radical (unpaired) electrons. The highest BCUT2D eigenvalue weighted by atomic mass is 127. The van der Waals surface area contributed by atoms with Crippen LogP contribution in [0.15, 0.2) is 30.5 Å². The molecule has 3 heterocycles. The molecule has 1 atom stereocenters. The van der Waals surface area contributed by atoms with Crippen molar-refractivity contribution in [2.75, 3.05) is 12.4 Å². The number of nitrogens with one attached hydrogen (secondary N) is 1. The molecule has 0 aliphatic rings. The molecule has 0 fully saturated rings. The van der Waals surface area contributed by atoms with Crippen LogP contribution >= 0.6 is 40.0 Å². The molecule has 0 bridgehead atoms. The van der Waals surface area contributed by atoms with Crippen LogP contribution in [0.3, 0.4) is 0 Å². The predicted molar refractivity (Wildman–Crippen MR) is 174 cm³/mol. The second-order valence-electron chi connectivity index (χ2n) is 6.62. The normalized spacial score (nSPS) is 9.78. The summed E-state index contributed by atoms with van der Waals surface area (Å²) in [6.07, 6.45) is 2.49. The smallest absolute Gasteiger partial charge is 0.167 e. The van der Waals surface area contributed by atoms with Gasteiger partial charge in [-0.1, -0.05) is 73.1 Å². The van der Waals surface area contributed by atoms with E-state index in [1.54, 1.807) is 13.2 Å². The van der Waals surface area contributed by atoms with Crippen molar-refractivity contribution in [3.05, 3.63) is 47.0 Å². The minimum absolute atomic E-state index is 0.412. The fourth-order valence-corrected chi connectivity index (χ4v) is 5.63. The van der Waals surface area contributed by atoms with Crippen LogP contribution in [0.25, 0.3) is 22.4 Å². The Morgan fingerprint density at radius 2 is 1.57 bits per heavy atom. The lowest BCUT2D eigenvalue weighted by Gasteiger charge is -2.13.